The molecule has 20 heavy (non-hydrogen) atoms. The van der Waals surface area contributed by atoms with Crippen LogP contribution in [0.15, 0.2) is 60.8 Å². The molecule has 1 aromatic heterocycles. The number of aliphatic hydroxyl groups is 1. The van der Waals surface area contributed by atoms with Gasteiger partial charge in [-0.2, -0.15) is 0 Å². The molecule has 0 bridgehead atoms. The summed E-state index contributed by atoms with van der Waals surface area (Å²) in [6, 6.07) is 16.1. The lowest BCUT2D eigenvalue weighted by Crippen LogP contribution is -2.01. The monoisotopic (exact) mass is 266 g/mol. The molecule has 0 fully saturated rings. The molecule has 1 N–H and O–H groups in total. The molecule has 2 aromatic rings. The first-order chi connectivity index (χ1) is 9.88. The van der Waals surface area contributed by atoms with E-state index in [-0.39, 0.29) is 6.61 Å². The number of pyridine rings is 1. The fourth-order valence-corrected chi connectivity index (χ4v) is 2.04. The van der Waals surface area contributed by atoms with Gasteiger partial charge in [0.05, 0.1) is 0 Å². The summed E-state index contributed by atoms with van der Waals surface area (Å²) in [7, 11) is 0. The normalized spacial score (nSPS) is 12.7. The molecule has 2 heteroatoms. The first-order valence-corrected chi connectivity index (χ1v) is 6.97. The van der Waals surface area contributed by atoms with Crippen molar-refractivity contribution in [1.82, 2.24) is 4.98 Å². The summed E-state index contributed by atoms with van der Waals surface area (Å²) >= 11 is 0. The summed E-state index contributed by atoms with van der Waals surface area (Å²) < 4.78 is 0. The Kier molecular flexibility index (Phi) is 6.00. The van der Waals surface area contributed by atoms with Gasteiger partial charge in [-0.25, -0.2) is 0 Å². The zero-order chi connectivity index (χ0) is 14.0. The van der Waals surface area contributed by atoms with Gasteiger partial charge in [0.25, 0.3) is 0 Å². The molecule has 0 aliphatic carbocycles. The number of aromatic nitrogens is 1. The largest absolute Gasteiger partial charge is 0.396 e. The molecule has 1 atom stereocenters. The van der Waals surface area contributed by atoms with Gasteiger partial charge in [-0.05, 0) is 36.5 Å². The van der Waals surface area contributed by atoms with Crippen molar-refractivity contribution < 1.29 is 5.11 Å². The van der Waals surface area contributed by atoms with Crippen molar-refractivity contribution in [2.24, 2.45) is 5.92 Å². The molecule has 103 valence electrons. The van der Waals surface area contributed by atoms with E-state index in [1.807, 2.05) is 36.4 Å². The lowest BCUT2D eigenvalue weighted by molar-refractivity contribution is 0.269. The lowest BCUT2D eigenvalue weighted by Gasteiger charge is -2.10. The summed E-state index contributed by atoms with van der Waals surface area (Å²) in [6.07, 6.45) is 9.87. The van der Waals surface area contributed by atoms with E-state index in [9.17, 15) is 0 Å². The third-order valence-electron chi connectivity index (χ3n) is 3.18. The van der Waals surface area contributed by atoms with Gasteiger partial charge in [0.15, 0.2) is 0 Å². The Hall–Kier alpha value is -1.93. The summed E-state index contributed by atoms with van der Waals surface area (Å²) in [5, 5.41) is 9.17. The van der Waals surface area contributed by atoms with E-state index in [1.165, 1.54) is 5.56 Å². The Labute approximate surface area is 120 Å². The molecular weight excluding hydrogens is 246 g/mol. The van der Waals surface area contributed by atoms with Crippen molar-refractivity contribution in [2.45, 2.75) is 12.8 Å². The molecule has 0 saturated carbocycles. The summed E-state index contributed by atoms with van der Waals surface area (Å²) in [5.74, 6) is 0.335. The van der Waals surface area contributed by atoms with Gasteiger partial charge in [0.2, 0.25) is 0 Å². The molecule has 0 amide bonds. The maximum Gasteiger partial charge on any atom is 0.0441 e. The highest BCUT2D eigenvalue weighted by atomic mass is 16.3. The molecular formula is C18H20NO. The van der Waals surface area contributed by atoms with Gasteiger partial charge in [-0.3, -0.25) is 4.98 Å². The van der Waals surface area contributed by atoms with Gasteiger partial charge in [-0.1, -0.05) is 48.6 Å². The lowest BCUT2D eigenvalue weighted by atomic mass is 9.97. The Balaban J connectivity index is 1.92. The third kappa shape index (κ3) is 4.98. The Morgan fingerprint density at radius 3 is 2.55 bits per heavy atom. The summed E-state index contributed by atoms with van der Waals surface area (Å²) in [5.41, 5.74) is 2.18. The number of hydrogen-bond donors (Lipinski definition) is 1. The molecule has 2 rings (SSSR count). The average Bonchev–Trinajstić information content (AvgIpc) is 2.52. The van der Waals surface area contributed by atoms with E-state index in [1.54, 1.807) is 6.20 Å². The van der Waals surface area contributed by atoms with Crippen molar-refractivity contribution in [3.05, 3.63) is 78.5 Å². The van der Waals surface area contributed by atoms with E-state index in [2.05, 4.69) is 35.7 Å². The molecule has 0 spiro atoms. The van der Waals surface area contributed by atoms with E-state index in [4.69, 9.17) is 5.11 Å². The van der Waals surface area contributed by atoms with Crippen LogP contribution in [0.5, 0.6) is 0 Å². The van der Waals surface area contributed by atoms with E-state index in [0.29, 0.717) is 5.92 Å². The zero-order valence-electron chi connectivity index (χ0n) is 11.5. The molecule has 1 radical (unpaired) electrons. The molecule has 0 aliphatic rings. The van der Waals surface area contributed by atoms with Crippen molar-refractivity contribution >= 4 is 6.08 Å². The van der Waals surface area contributed by atoms with Crippen molar-refractivity contribution in [2.75, 3.05) is 6.61 Å². The second kappa shape index (κ2) is 8.28. The Morgan fingerprint density at radius 1 is 1.05 bits per heavy atom. The van der Waals surface area contributed by atoms with Gasteiger partial charge < -0.3 is 5.11 Å². The highest BCUT2D eigenvalue weighted by Crippen LogP contribution is 2.16. The van der Waals surface area contributed by atoms with Crippen LogP contribution in [0, 0.1) is 12.3 Å². The van der Waals surface area contributed by atoms with E-state index >= 15 is 0 Å². The summed E-state index contributed by atoms with van der Waals surface area (Å²) in [6.45, 7) is 0.208. The Bertz CT molecular complexity index is 507. The van der Waals surface area contributed by atoms with Crippen LogP contribution in [0.4, 0.5) is 0 Å². The minimum absolute atomic E-state index is 0.208. The fourth-order valence-electron chi connectivity index (χ4n) is 2.04. The second-order valence-electron chi connectivity index (χ2n) is 4.74. The number of hydrogen-bond acceptors (Lipinski definition) is 2. The number of allylic oxidation sites excluding steroid dienone is 1. The topological polar surface area (TPSA) is 33.1 Å². The fraction of sp³-hybridized carbons (Fsp3) is 0.222. The first-order valence-electron chi connectivity index (χ1n) is 6.97. The van der Waals surface area contributed by atoms with Crippen LogP contribution < -0.4 is 0 Å². The van der Waals surface area contributed by atoms with Crippen molar-refractivity contribution in [1.29, 1.82) is 0 Å². The molecule has 2 nitrogen and oxygen atoms in total. The van der Waals surface area contributed by atoms with Crippen LogP contribution in [-0.4, -0.2) is 16.7 Å². The van der Waals surface area contributed by atoms with Crippen LogP contribution >= 0.6 is 0 Å². The maximum atomic E-state index is 9.17. The summed E-state index contributed by atoms with van der Waals surface area (Å²) in [4.78, 5) is 4.29. The first kappa shape index (κ1) is 14.5. The van der Waals surface area contributed by atoms with E-state index < -0.39 is 0 Å². The standard InChI is InChI=1S/C18H20NO/c20-15-13-17(10-9-16-6-2-1-3-7-16)11-12-18-8-4-5-14-19-18/h1-10,12,14,17,20H,11,13,15H2. The predicted molar refractivity (Wildman–Crippen MR) is 82.9 cm³/mol. The smallest absolute Gasteiger partial charge is 0.0441 e. The number of aliphatic hydroxyl groups excluding tert-OH is 1. The van der Waals surface area contributed by atoms with Crippen LogP contribution in [0.3, 0.4) is 0 Å². The van der Waals surface area contributed by atoms with Crippen LogP contribution in [-0.2, 0) is 0 Å². The highest BCUT2D eigenvalue weighted by Gasteiger charge is 2.05. The quantitative estimate of drug-likeness (QED) is 0.828. The average molecular weight is 266 g/mol. The third-order valence-corrected chi connectivity index (χ3v) is 3.18. The minimum Gasteiger partial charge on any atom is -0.396 e. The highest BCUT2D eigenvalue weighted by molar-refractivity contribution is 5.49. The van der Waals surface area contributed by atoms with Gasteiger partial charge in [-0.15, -0.1) is 0 Å². The van der Waals surface area contributed by atoms with E-state index in [0.717, 1.165) is 18.5 Å². The van der Waals surface area contributed by atoms with Crippen LogP contribution in [0.2, 0.25) is 0 Å². The number of benzene rings is 1. The van der Waals surface area contributed by atoms with Crippen molar-refractivity contribution in [3.63, 3.8) is 0 Å². The Morgan fingerprint density at radius 2 is 1.85 bits per heavy atom. The SMILES string of the molecule is OCCC(C=Cc1ccccc1)C[CH]c1ccccn1. The molecule has 1 unspecified atom stereocenters. The van der Waals surface area contributed by atoms with Gasteiger partial charge in [0.1, 0.15) is 0 Å². The number of rotatable bonds is 7. The van der Waals surface area contributed by atoms with Gasteiger partial charge >= 0.3 is 0 Å². The van der Waals surface area contributed by atoms with Gasteiger partial charge in [0, 0.05) is 24.9 Å². The molecule has 0 saturated heterocycles. The molecule has 1 aromatic carbocycles. The van der Waals surface area contributed by atoms with Crippen LogP contribution in [0.25, 0.3) is 6.08 Å². The molecule has 0 aliphatic heterocycles. The predicted octanol–water partition coefficient (Wildman–Crippen LogP) is 3.74. The second-order valence-corrected chi connectivity index (χ2v) is 4.74. The molecule has 1 heterocycles. The zero-order valence-corrected chi connectivity index (χ0v) is 11.5. The minimum atomic E-state index is 0.208. The van der Waals surface area contributed by atoms with Crippen LogP contribution in [0.1, 0.15) is 24.1 Å². The maximum absolute atomic E-state index is 9.17. The number of nitrogens with zero attached hydrogens (tertiary/aromatic N) is 1. The van der Waals surface area contributed by atoms with Crippen molar-refractivity contribution in [3.8, 4) is 0 Å².